The van der Waals surface area contributed by atoms with Crippen LogP contribution in [0.5, 0.6) is 0 Å². The second-order valence-electron chi connectivity index (χ2n) is 5.90. The topological polar surface area (TPSA) is 136 Å². The van der Waals surface area contributed by atoms with Crippen molar-refractivity contribution in [2.45, 2.75) is 75.3 Å². The highest BCUT2D eigenvalue weighted by Gasteiger charge is 2.26. The summed E-state index contributed by atoms with van der Waals surface area (Å²) in [5.41, 5.74) is 10.5. The van der Waals surface area contributed by atoms with Gasteiger partial charge in [-0.1, -0.05) is 38.5 Å². The Kier molecular flexibility index (Phi) is 9.73. The van der Waals surface area contributed by atoms with Crippen LogP contribution >= 0.6 is 0 Å². The average Bonchev–Trinajstić information content (AvgIpc) is 2.50. The van der Waals surface area contributed by atoms with Crippen LogP contribution in [-0.4, -0.2) is 28.9 Å². The predicted octanol–water partition coefficient (Wildman–Crippen LogP) is 1.84. The lowest BCUT2D eigenvalue weighted by Crippen LogP contribution is -2.43. The normalized spacial score (nSPS) is 22.4. The van der Waals surface area contributed by atoms with Crippen molar-refractivity contribution >= 4 is 12.6 Å². The van der Waals surface area contributed by atoms with Crippen molar-refractivity contribution in [1.29, 1.82) is 0 Å². The highest BCUT2D eigenvalue weighted by atomic mass is 16.6. The van der Waals surface area contributed by atoms with Crippen molar-refractivity contribution < 1.29 is 14.8 Å². The van der Waals surface area contributed by atoms with Gasteiger partial charge in [-0.05, 0) is 25.7 Å². The Morgan fingerprint density at radius 3 is 1.14 bits per heavy atom. The molecule has 5 N–H and O–H groups in total. The molecule has 2 fully saturated rings. The average molecular weight is 301 g/mol. The summed E-state index contributed by atoms with van der Waals surface area (Å²) in [6, 6.07) is 0. The Hall–Kier alpha value is -1.34. The molecule has 0 aliphatic heterocycles. The number of carbonyl (C=O) groups excluding carboxylic acids is 2. The molecule has 7 heteroatoms. The molecule has 0 aromatic carbocycles. The van der Waals surface area contributed by atoms with E-state index in [1.165, 1.54) is 18.2 Å². The summed E-state index contributed by atoms with van der Waals surface area (Å²) in [4.78, 5) is 28.8. The van der Waals surface area contributed by atoms with Crippen LogP contribution in [0.4, 0.5) is 0 Å². The highest BCUT2D eigenvalue weighted by Crippen LogP contribution is 2.24. The summed E-state index contributed by atoms with van der Waals surface area (Å²) >= 11 is 0. The number of carbonyl (C=O) groups is 2. The smallest absolute Gasteiger partial charge is 0.152 e. The summed E-state index contributed by atoms with van der Waals surface area (Å²) < 4.78 is 0. The van der Waals surface area contributed by atoms with E-state index in [4.69, 9.17) is 21.6 Å². The van der Waals surface area contributed by atoms with Gasteiger partial charge in [-0.2, -0.15) is 0 Å². The molecule has 0 bridgehead atoms. The van der Waals surface area contributed by atoms with Gasteiger partial charge in [0.1, 0.15) is 12.6 Å². The summed E-state index contributed by atoms with van der Waals surface area (Å²) in [6.07, 6.45) is 12.3. The number of nitrogens with zero attached hydrogens (tertiary/aromatic N) is 1. The summed E-state index contributed by atoms with van der Waals surface area (Å²) in [6.45, 7) is 0. The first kappa shape index (κ1) is 19.7. The molecule has 0 unspecified atom stereocenters. The zero-order valence-corrected chi connectivity index (χ0v) is 12.5. The van der Waals surface area contributed by atoms with Gasteiger partial charge < -0.3 is 26.3 Å². The molecule has 2 aliphatic rings. The summed E-state index contributed by atoms with van der Waals surface area (Å²) in [7, 11) is 0. The third-order valence-corrected chi connectivity index (χ3v) is 4.04. The van der Waals surface area contributed by atoms with Crippen LogP contribution in [0.2, 0.25) is 0 Å². The van der Waals surface area contributed by atoms with E-state index in [-0.39, 0.29) is 0 Å². The van der Waals surface area contributed by atoms with Gasteiger partial charge in [-0.25, -0.2) is 0 Å². The number of rotatable bonds is 2. The minimum absolute atomic E-state index is 0.460. The van der Waals surface area contributed by atoms with E-state index in [0.29, 0.717) is 0 Å². The highest BCUT2D eigenvalue weighted by molar-refractivity contribution is 5.64. The molecule has 0 heterocycles. The largest absolute Gasteiger partial charge is 0.379 e. The van der Waals surface area contributed by atoms with E-state index in [1.54, 1.807) is 0 Å². The van der Waals surface area contributed by atoms with E-state index >= 15 is 0 Å². The van der Waals surface area contributed by atoms with E-state index in [0.717, 1.165) is 63.9 Å². The van der Waals surface area contributed by atoms with Crippen molar-refractivity contribution in [2.75, 3.05) is 0 Å². The van der Waals surface area contributed by atoms with Gasteiger partial charge >= 0.3 is 0 Å². The first-order valence-corrected chi connectivity index (χ1v) is 7.42. The van der Waals surface area contributed by atoms with E-state index in [2.05, 4.69) is 0 Å². The fourth-order valence-electron chi connectivity index (χ4n) is 2.66. The first-order chi connectivity index (χ1) is 9.95. The van der Waals surface area contributed by atoms with Crippen LogP contribution in [0.25, 0.3) is 0 Å². The lowest BCUT2D eigenvalue weighted by molar-refractivity contribution is -0.113. The molecular weight excluding hydrogens is 274 g/mol. The van der Waals surface area contributed by atoms with Crippen molar-refractivity contribution in [3.05, 3.63) is 4.91 Å². The van der Waals surface area contributed by atoms with Crippen molar-refractivity contribution in [3.8, 4) is 0 Å². The van der Waals surface area contributed by atoms with Crippen LogP contribution in [0.3, 0.4) is 0 Å². The molecule has 0 aromatic rings. The molecule has 21 heavy (non-hydrogen) atoms. The Labute approximate surface area is 125 Å². The van der Waals surface area contributed by atoms with Gasteiger partial charge in [0.05, 0.1) is 11.1 Å². The molecule has 0 amide bonds. The fraction of sp³-hybridized carbons (Fsp3) is 0.857. The van der Waals surface area contributed by atoms with Gasteiger partial charge in [0.15, 0.2) is 5.34 Å². The lowest BCUT2D eigenvalue weighted by atomic mass is 9.84. The third-order valence-electron chi connectivity index (χ3n) is 4.04. The molecule has 2 saturated carbocycles. The Morgan fingerprint density at radius 2 is 1.00 bits per heavy atom. The quantitative estimate of drug-likeness (QED) is 0.404. The van der Waals surface area contributed by atoms with Crippen LogP contribution < -0.4 is 11.5 Å². The maximum absolute atomic E-state index is 10.4. The fourth-order valence-corrected chi connectivity index (χ4v) is 2.66. The van der Waals surface area contributed by atoms with E-state index in [1.807, 2.05) is 0 Å². The Bertz CT molecular complexity index is 283. The van der Waals surface area contributed by atoms with Gasteiger partial charge in [0.25, 0.3) is 0 Å². The minimum atomic E-state index is -0.460. The maximum atomic E-state index is 10.4. The zero-order chi connectivity index (χ0) is 16.2. The molecule has 0 atom stereocenters. The van der Waals surface area contributed by atoms with E-state index in [9.17, 15) is 9.59 Å². The Balaban J connectivity index is 0.000000322. The van der Waals surface area contributed by atoms with Crippen molar-refractivity contribution in [1.82, 2.24) is 0 Å². The van der Waals surface area contributed by atoms with Crippen LogP contribution in [-0.2, 0) is 9.59 Å². The van der Waals surface area contributed by atoms with Gasteiger partial charge in [0.2, 0.25) is 0 Å². The molecule has 7 nitrogen and oxygen atoms in total. The molecule has 0 spiro atoms. The Morgan fingerprint density at radius 1 is 0.762 bits per heavy atom. The van der Waals surface area contributed by atoms with Gasteiger partial charge in [0, 0.05) is 0 Å². The molecule has 0 aromatic heterocycles. The number of nitrogens with two attached hydrogens (primary N) is 2. The molecule has 122 valence electrons. The minimum Gasteiger partial charge on any atom is -0.379 e. The maximum Gasteiger partial charge on any atom is 0.152 e. The summed E-state index contributed by atoms with van der Waals surface area (Å²) in [5.74, 6) is 0. The number of aldehydes is 2. The van der Waals surface area contributed by atoms with Gasteiger partial charge in [-0.3, -0.25) is 0 Å². The molecule has 2 aliphatic carbocycles. The molecular formula is C14H27N3O4. The lowest BCUT2D eigenvalue weighted by Gasteiger charge is -2.26. The number of hydrogen-bond acceptors (Lipinski definition) is 6. The van der Waals surface area contributed by atoms with Gasteiger partial charge in [-0.15, -0.1) is 4.91 Å². The molecule has 0 radical (unpaired) electrons. The SMILES string of the molecule is NC1(C=O)CCCCC1.NC1(C=O)CCCCC1.O=NO. The van der Waals surface area contributed by atoms with Crippen LogP contribution in [0.15, 0.2) is 5.34 Å². The van der Waals surface area contributed by atoms with E-state index < -0.39 is 11.1 Å². The third kappa shape index (κ3) is 8.52. The molecule has 0 saturated heterocycles. The second kappa shape index (κ2) is 10.4. The monoisotopic (exact) mass is 301 g/mol. The van der Waals surface area contributed by atoms with Crippen molar-refractivity contribution in [3.63, 3.8) is 0 Å². The second-order valence-corrected chi connectivity index (χ2v) is 5.90. The molecule has 2 rings (SSSR count). The predicted molar refractivity (Wildman–Crippen MR) is 79.7 cm³/mol. The standard InChI is InChI=1S/2C7H13NO.HNO2/c2*8-7(6-9)4-2-1-3-5-7;2-1-3/h2*6H,1-5,8H2;(H,2,3). The van der Waals surface area contributed by atoms with Crippen molar-refractivity contribution in [2.24, 2.45) is 16.8 Å². The summed E-state index contributed by atoms with van der Waals surface area (Å²) in [5, 5.41) is 7.89. The van der Waals surface area contributed by atoms with Crippen LogP contribution in [0.1, 0.15) is 64.2 Å². The number of hydrogen-bond donors (Lipinski definition) is 3. The van der Waals surface area contributed by atoms with Crippen LogP contribution in [0, 0.1) is 4.91 Å². The first-order valence-electron chi connectivity index (χ1n) is 7.42. The zero-order valence-electron chi connectivity index (χ0n) is 12.5.